The zero-order valence-electron chi connectivity index (χ0n) is 16.2. The standard InChI is InChI=1S/C24H16N2O5/c27-21(16-7-3-1-4-8-16)22(28)17-11-13-19(14-12-17)24(29)30-15-20-25-26-23(31-20)18-9-5-2-6-10-18/h1-14H,15H2. The molecule has 0 aliphatic rings. The van der Waals surface area contributed by atoms with Gasteiger partial charge in [-0.05, 0) is 24.3 Å². The number of ketones is 2. The Kier molecular flexibility index (Phi) is 5.75. The van der Waals surface area contributed by atoms with Crippen molar-refractivity contribution >= 4 is 17.5 Å². The predicted octanol–water partition coefficient (Wildman–Crippen LogP) is 4.16. The summed E-state index contributed by atoms with van der Waals surface area (Å²) in [4.78, 5) is 36.9. The second-order valence-electron chi connectivity index (χ2n) is 6.54. The maximum atomic E-state index is 12.4. The first-order valence-electron chi connectivity index (χ1n) is 9.41. The molecule has 1 aromatic heterocycles. The SMILES string of the molecule is O=C(OCc1nnc(-c2ccccc2)o1)c1ccc(C(=O)C(=O)c2ccccc2)cc1. The molecule has 7 nitrogen and oxygen atoms in total. The van der Waals surface area contributed by atoms with Gasteiger partial charge < -0.3 is 9.15 Å². The van der Waals surface area contributed by atoms with E-state index in [1.165, 1.54) is 24.3 Å². The highest BCUT2D eigenvalue weighted by Crippen LogP contribution is 2.17. The zero-order chi connectivity index (χ0) is 21.6. The number of hydrogen-bond donors (Lipinski definition) is 0. The van der Waals surface area contributed by atoms with Crippen molar-refractivity contribution in [2.24, 2.45) is 0 Å². The second-order valence-corrected chi connectivity index (χ2v) is 6.54. The first-order chi connectivity index (χ1) is 15.1. The van der Waals surface area contributed by atoms with Gasteiger partial charge in [-0.15, -0.1) is 10.2 Å². The van der Waals surface area contributed by atoms with Gasteiger partial charge in [0.2, 0.25) is 17.5 Å². The zero-order valence-corrected chi connectivity index (χ0v) is 16.2. The fraction of sp³-hybridized carbons (Fsp3) is 0.0417. The van der Waals surface area contributed by atoms with Crippen LogP contribution in [0, 0.1) is 0 Å². The van der Waals surface area contributed by atoms with Gasteiger partial charge >= 0.3 is 5.97 Å². The van der Waals surface area contributed by atoms with Gasteiger partial charge in [0, 0.05) is 16.7 Å². The van der Waals surface area contributed by atoms with Gasteiger partial charge in [-0.1, -0.05) is 60.7 Å². The molecule has 0 spiro atoms. The van der Waals surface area contributed by atoms with E-state index in [4.69, 9.17) is 9.15 Å². The Morgan fingerprint density at radius 3 is 1.87 bits per heavy atom. The van der Waals surface area contributed by atoms with Crippen LogP contribution in [0.5, 0.6) is 0 Å². The summed E-state index contributed by atoms with van der Waals surface area (Å²) < 4.78 is 10.7. The van der Waals surface area contributed by atoms with Crippen LogP contribution in [0.3, 0.4) is 0 Å². The van der Waals surface area contributed by atoms with E-state index < -0.39 is 17.5 Å². The molecule has 0 atom stereocenters. The topological polar surface area (TPSA) is 99.4 Å². The summed E-state index contributed by atoms with van der Waals surface area (Å²) in [6, 6.07) is 23.2. The van der Waals surface area contributed by atoms with Gasteiger partial charge in [-0.25, -0.2) is 4.79 Å². The third kappa shape index (κ3) is 4.62. The van der Waals surface area contributed by atoms with Crippen LogP contribution in [0.15, 0.2) is 89.3 Å². The average molecular weight is 412 g/mol. The summed E-state index contributed by atoms with van der Waals surface area (Å²) in [7, 11) is 0. The highest BCUT2D eigenvalue weighted by atomic mass is 16.5. The van der Waals surface area contributed by atoms with Gasteiger partial charge in [-0.3, -0.25) is 9.59 Å². The number of esters is 1. The summed E-state index contributed by atoms with van der Waals surface area (Å²) in [5.74, 6) is -1.38. The number of carbonyl (C=O) groups is 3. The number of ether oxygens (including phenoxy) is 1. The summed E-state index contributed by atoms with van der Waals surface area (Å²) >= 11 is 0. The molecule has 1 heterocycles. The van der Waals surface area contributed by atoms with Crippen molar-refractivity contribution in [2.45, 2.75) is 6.61 Å². The van der Waals surface area contributed by atoms with Crippen LogP contribution < -0.4 is 0 Å². The summed E-state index contributed by atoms with van der Waals surface area (Å²) in [6.07, 6.45) is 0. The molecular formula is C24H16N2O5. The van der Waals surface area contributed by atoms with Gasteiger partial charge in [0.25, 0.3) is 5.89 Å². The first kappa shape index (κ1) is 19.9. The van der Waals surface area contributed by atoms with E-state index in [9.17, 15) is 14.4 Å². The van der Waals surface area contributed by atoms with E-state index >= 15 is 0 Å². The van der Waals surface area contributed by atoms with Gasteiger partial charge in [0.05, 0.1) is 5.56 Å². The Hall–Kier alpha value is -4.39. The molecule has 0 aliphatic carbocycles. The van der Waals surface area contributed by atoms with Crippen molar-refractivity contribution in [1.82, 2.24) is 10.2 Å². The predicted molar refractivity (Wildman–Crippen MR) is 110 cm³/mol. The molecule has 0 N–H and O–H groups in total. The van der Waals surface area contributed by atoms with Gasteiger partial charge in [-0.2, -0.15) is 0 Å². The Morgan fingerprint density at radius 2 is 1.23 bits per heavy atom. The monoisotopic (exact) mass is 412 g/mol. The quantitative estimate of drug-likeness (QED) is 0.255. The van der Waals surface area contributed by atoms with E-state index in [-0.39, 0.29) is 23.6 Å². The molecule has 0 unspecified atom stereocenters. The van der Waals surface area contributed by atoms with Crippen LogP contribution in [0.25, 0.3) is 11.5 Å². The van der Waals surface area contributed by atoms with Crippen molar-refractivity contribution in [3.05, 3.63) is 108 Å². The van der Waals surface area contributed by atoms with Crippen LogP contribution in [0.4, 0.5) is 0 Å². The molecule has 31 heavy (non-hydrogen) atoms. The lowest BCUT2D eigenvalue weighted by Crippen LogP contribution is -2.14. The maximum absolute atomic E-state index is 12.4. The molecule has 4 rings (SSSR count). The lowest BCUT2D eigenvalue weighted by molar-refractivity contribution is 0.0438. The van der Waals surface area contributed by atoms with E-state index in [0.29, 0.717) is 11.5 Å². The molecule has 0 aliphatic heterocycles. The minimum Gasteiger partial charge on any atom is -0.452 e. The number of aromatic nitrogens is 2. The first-order valence-corrected chi connectivity index (χ1v) is 9.41. The summed E-state index contributed by atoms with van der Waals surface area (Å²) in [5.41, 5.74) is 1.49. The molecular weight excluding hydrogens is 396 g/mol. The highest BCUT2D eigenvalue weighted by molar-refractivity contribution is 6.49. The average Bonchev–Trinajstić information content (AvgIpc) is 3.32. The number of Topliss-reactive ketones (excluding diaryl/α,β-unsaturated/α-hetero) is 2. The van der Waals surface area contributed by atoms with Crippen LogP contribution in [-0.4, -0.2) is 27.7 Å². The van der Waals surface area contributed by atoms with E-state index in [1.54, 1.807) is 30.3 Å². The largest absolute Gasteiger partial charge is 0.452 e. The molecule has 7 heteroatoms. The minimum atomic E-state index is -0.648. The lowest BCUT2D eigenvalue weighted by Gasteiger charge is -2.04. The number of hydrogen-bond acceptors (Lipinski definition) is 7. The molecule has 3 aromatic carbocycles. The number of carbonyl (C=O) groups excluding carboxylic acids is 3. The molecule has 0 fully saturated rings. The van der Waals surface area contributed by atoms with E-state index in [2.05, 4.69) is 10.2 Å². The fourth-order valence-corrected chi connectivity index (χ4v) is 2.83. The second kappa shape index (κ2) is 8.96. The molecule has 0 saturated carbocycles. The molecule has 0 amide bonds. The van der Waals surface area contributed by atoms with Crippen molar-refractivity contribution in [1.29, 1.82) is 0 Å². The van der Waals surface area contributed by atoms with Crippen LogP contribution in [0.2, 0.25) is 0 Å². The number of benzene rings is 3. The molecule has 0 bridgehead atoms. The minimum absolute atomic E-state index is 0.160. The van der Waals surface area contributed by atoms with Crippen molar-refractivity contribution < 1.29 is 23.5 Å². The Labute approximate surface area is 177 Å². The number of rotatable bonds is 7. The molecule has 4 aromatic rings. The van der Waals surface area contributed by atoms with Crippen molar-refractivity contribution in [3.63, 3.8) is 0 Å². The third-order valence-corrected chi connectivity index (χ3v) is 4.44. The normalized spacial score (nSPS) is 10.5. The third-order valence-electron chi connectivity index (χ3n) is 4.44. The highest BCUT2D eigenvalue weighted by Gasteiger charge is 2.19. The smallest absolute Gasteiger partial charge is 0.338 e. The summed E-state index contributed by atoms with van der Waals surface area (Å²) in [6.45, 7) is -0.189. The van der Waals surface area contributed by atoms with Crippen molar-refractivity contribution in [2.75, 3.05) is 0 Å². The number of nitrogens with zero attached hydrogens (tertiary/aromatic N) is 2. The van der Waals surface area contributed by atoms with E-state index in [1.807, 2.05) is 30.3 Å². The van der Waals surface area contributed by atoms with Gasteiger partial charge in [0.1, 0.15) is 0 Å². The van der Waals surface area contributed by atoms with Crippen LogP contribution in [0.1, 0.15) is 37.0 Å². The van der Waals surface area contributed by atoms with E-state index in [0.717, 1.165) is 5.56 Å². The Morgan fingerprint density at radius 1 is 0.677 bits per heavy atom. The molecule has 0 saturated heterocycles. The maximum Gasteiger partial charge on any atom is 0.338 e. The van der Waals surface area contributed by atoms with Crippen molar-refractivity contribution in [3.8, 4) is 11.5 Å². The summed E-state index contributed by atoms with van der Waals surface area (Å²) in [5, 5.41) is 7.80. The van der Waals surface area contributed by atoms with Gasteiger partial charge in [0.15, 0.2) is 6.61 Å². The molecule has 0 radical (unpaired) electrons. The van der Waals surface area contributed by atoms with Crippen LogP contribution >= 0.6 is 0 Å². The fourth-order valence-electron chi connectivity index (χ4n) is 2.83. The Bertz CT molecular complexity index is 1220. The lowest BCUT2D eigenvalue weighted by atomic mass is 10.0. The van der Waals surface area contributed by atoms with Crippen LogP contribution in [-0.2, 0) is 11.3 Å². The Balaban J connectivity index is 1.37. The molecule has 152 valence electrons.